The van der Waals surface area contributed by atoms with E-state index in [1.807, 2.05) is 0 Å². The molecule has 0 aliphatic carbocycles. The molecule has 0 saturated carbocycles. The van der Waals surface area contributed by atoms with Crippen LogP contribution in [0.25, 0.3) is 0 Å². The summed E-state index contributed by atoms with van der Waals surface area (Å²) in [5, 5.41) is 33.3. The summed E-state index contributed by atoms with van der Waals surface area (Å²) in [6.07, 6.45) is 2.16. The lowest BCUT2D eigenvalue weighted by atomic mass is 10.1. The third kappa shape index (κ3) is 10.4. The number of aliphatic hydroxyl groups is 3. The van der Waals surface area contributed by atoms with Crippen molar-refractivity contribution >= 4 is 5.97 Å². The van der Waals surface area contributed by atoms with Gasteiger partial charge < -0.3 is 37.6 Å². The molecule has 0 radical (unpaired) electrons. The molecule has 10 N–H and O–H groups in total. The molecule has 8 heteroatoms. The Kier molecular flexibility index (Phi) is 12.3. The van der Waals surface area contributed by atoms with Crippen molar-refractivity contribution in [3.8, 4) is 0 Å². The zero-order valence-electron chi connectivity index (χ0n) is 10.5. The molecular formula is C10H25N3O5. The normalized spacial score (nSPS) is 12.6. The molecule has 0 fully saturated rings. The lowest BCUT2D eigenvalue weighted by molar-refractivity contribution is -0.138. The first-order valence-electron chi connectivity index (χ1n) is 5.66. The molecule has 18 heavy (non-hydrogen) atoms. The number of rotatable bonds is 8. The first kappa shape index (κ1) is 19.6. The highest BCUT2D eigenvalue weighted by Gasteiger charge is 2.20. The van der Waals surface area contributed by atoms with Gasteiger partial charge in [0, 0.05) is 0 Å². The van der Waals surface area contributed by atoms with Gasteiger partial charge in [0.05, 0.1) is 25.4 Å². The molecule has 0 heterocycles. The minimum Gasteiger partial charge on any atom is -0.480 e. The van der Waals surface area contributed by atoms with E-state index in [0.717, 1.165) is 12.8 Å². The van der Waals surface area contributed by atoms with Crippen LogP contribution in [0.2, 0.25) is 0 Å². The van der Waals surface area contributed by atoms with Crippen LogP contribution in [0.4, 0.5) is 0 Å². The number of aliphatic carboxylic acids is 1. The maximum atomic E-state index is 10.1. The van der Waals surface area contributed by atoms with Gasteiger partial charge in [-0.15, -0.1) is 0 Å². The molecule has 0 unspecified atom stereocenters. The van der Waals surface area contributed by atoms with Crippen molar-refractivity contribution in [3.63, 3.8) is 0 Å². The SMILES string of the molecule is NC(CO)(CO)CO.NCCCC[C@H](N)C(=O)O. The molecule has 0 amide bonds. The number of aliphatic hydroxyl groups excluding tert-OH is 3. The quantitative estimate of drug-likeness (QED) is 0.230. The first-order chi connectivity index (χ1) is 8.36. The number of carbonyl (C=O) groups is 1. The van der Waals surface area contributed by atoms with E-state index >= 15 is 0 Å². The fraction of sp³-hybridized carbons (Fsp3) is 0.900. The zero-order valence-corrected chi connectivity index (χ0v) is 10.5. The topological polar surface area (TPSA) is 176 Å². The van der Waals surface area contributed by atoms with Crippen molar-refractivity contribution in [1.82, 2.24) is 0 Å². The Bertz CT molecular complexity index is 203. The van der Waals surface area contributed by atoms with Crippen LogP contribution in [0.3, 0.4) is 0 Å². The van der Waals surface area contributed by atoms with Crippen LogP contribution in [0, 0.1) is 0 Å². The van der Waals surface area contributed by atoms with Crippen LogP contribution in [0.5, 0.6) is 0 Å². The van der Waals surface area contributed by atoms with Gasteiger partial charge in [0.1, 0.15) is 6.04 Å². The van der Waals surface area contributed by atoms with Crippen molar-refractivity contribution in [2.75, 3.05) is 26.4 Å². The van der Waals surface area contributed by atoms with Crippen molar-refractivity contribution in [1.29, 1.82) is 0 Å². The average molecular weight is 267 g/mol. The van der Waals surface area contributed by atoms with Crippen molar-refractivity contribution in [3.05, 3.63) is 0 Å². The smallest absolute Gasteiger partial charge is 0.320 e. The number of hydrogen-bond acceptors (Lipinski definition) is 7. The van der Waals surface area contributed by atoms with Crippen LogP contribution >= 0.6 is 0 Å². The van der Waals surface area contributed by atoms with E-state index in [4.69, 9.17) is 37.6 Å². The Morgan fingerprint density at radius 2 is 1.56 bits per heavy atom. The van der Waals surface area contributed by atoms with E-state index < -0.39 is 37.4 Å². The second-order valence-electron chi connectivity index (χ2n) is 4.07. The second kappa shape index (κ2) is 11.3. The highest BCUT2D eigenvalue weighted by Crippen LogP contribution is 1.97. The summed E-state index contributed by atoms with van der Waals surface area (Å²) < 4.78 is 0. The van der Waals surface area contributed by atoms with Gasteiger partial charge >= 0.3 is 5.97 Å². The van der Waals surface area contributed by atoms with E-state index in [9.17, 15) is 4.79 Å². The predicted octanol–water partition coefficient (Wildman–Crippen LogP) is -2.81. The van der Waals surface area contributed by atoms with Gasteiger partial charge in [-0.2, -0.15) is 0 Å². The Morgan fingerprint density at radius 1 is 1.11 bits per heavy atom. The highest BCUT2D eigenvalue weighted by atomic mass is 16.4. The summed E-state index contributed by atoms with van der Waals surface area (Å²) in [6, 6.07) is -0.716. The van der Waals surface area contributed by atoms with Gasteiger partial charge in [0.2, 0.25) is 0 Å². The van der Waals surface area contributed by atoms with E-state index in [0.29, 0.717) is 13.0 Å². The third-order valence-electron chi connectivity index (χ3n) is 2.23. The average Bonchev–Trinajstić information content (AvgIpc) is 2.38. The fourth-order valence-electron chi connectivity index (χ4n) is 0.782. The van der Waals surface area contributed by atoms with Crippen LogP contribution in [0.1, 0.15) is 19.3 Å². The lowest BCUT2D eigenvalue weighted by Crippen LogP contribution is -2.50. The van der Waals surface area contributed by atoms with Gasteiger partial charge in [-0.1, -0.05) is 6.42 Å². The Morgan fingerprint density at radius 3 is 1.78 bits per heavy atom. The maximum absolute atomic E-state index is 10.1. The largest absolute Gasteiger partial charge is 0.480 e. The molecule has 0 rings (SSSR count). The summed E-state index contributed by atoms with van der Waals surface area (Å²) in [4.78, 5) is 10.1. The van der Waals surface area contributed by atoms with E-state index in [1.54, 1.807) is 0 Å². The molecule has 0 bridgehead atoms. The fourth-order valence-corrected chi connectivity index (χ4v) is 0.782. The van der Waals surface area contributed by atoms with Crippen LogP contribution in [-0.2, 0) is 4.79 Å². The summed E-state index contributed by atoms with van der Waals surface area (Å²) in [5.41, 5.74) is 14.4. The Balaban J connectivity index is 0. The van der Waals surface area contributed by atoms with E-state index in [-0.39, 0.29) is 0 Å². The molecule has 0 aromatic rings. The molecule has 0 aromatic carbocycles. The van der Waals surface area contributed by atoms with E-state index in [1.165, 1.54) is 0 Å². The molecule has 0 aliphatic rings. The van der Waals surface area contributed by atoms with Crippen LogP contribution in [-0.4, -0.2) is 64.3 Å². The van der Waals surface area contributed by atoms with Gasteiger partial charge in [-0.3, -0.25) is 4.79 Å². The van der Waals surface area contributed by atoms with Crippen molar-refractivity contribution in [2.45, 2.75) is 30.8 Å². The molecular weight excluding hydrogens is 242 g/mol. The van der Waals surface area contributed by atoms with Crippen molar-refractivity contribution in [2.24, 2.45) is 17.2 Å². The highest BCUT2D eigenvalue weighted by molar-refractivity contribution is 5.72. The lowest BCUT2D eigenvalue weighted by Gasteiger charge is -2.20. The second-order valence-corrected chi connectivity index (χ2v) is 4.07. The number of nitrogens with two attached hydrogens (primary N) is 3. The molecule has 0 aliphatic heterocycles. The van der Waals surface area contributed by atoms with Gasteiger partial charge in [0.15, 0.2) is 0 Å². The zero-order chi connectivity index (χ0) is 14.6. The molecule has 0 spiro atoms. The summed E-state index contributed by atoms with van der Waals surface area (Å²) in [5.74, 6) is -0.933. The Hall–Kier alpha value is -0.770. The minimum absolute atomic E-state index is 0.403. The van der Waals surface area contributed by atoms with Crippen molar-refractivity contribution < 1.29 is 25.2 Å². The molecule has 1 atom stereocenters. The number of carboxylic acid groups (broad SMARTS) is 1. The van der Waals surface area contributed by atoms with Crippen LogP contribution in [0.15, 0.2) is 0 Å². The van der Waals surface area contributed by atoms with Gasteiger partial charge in [-0.25, -0.2) is 0 Å². The summed E-state index contributed by atoms with van der Waals surface area (Å²) in [7, 11) is 0. The standard InChI is InChI=1S/C6H14N2O2.C4H11NO3/c7-4-2-1-3-5(8)6(9)10;5-4(1-6,2-7)3-8/h5H,1-4,7-8H2,(H,9,10);6-8H,1-3,5H2/t5-;/m0./s1. The number of unbranched alkanes of at least 4 members (excludes halogenated alkanes) is 1. The molecule has 0 saturated heterocycles. The summed E-state index contributed by atoms with van der Waals surface area (Å²) in [6.45, 7) is -0.605. The third-order valence-corrected chi connectivity index (χ3v) is 2.23. The molecule has 8 nitrogen and oxygen atoms in total. The minimum atomic E-state index is -1.21. The molecule has 0 aromatic heterocycles. The van der Waals surface area contributed by atoms with Gasteiger partial charge in [-0.05, 0) is 19.4 Å². The Labute approximate surface area is 106 Å². The molecule has 110 valence electrons. The maximum Gasteiger partial charge on any atom is 0.320 e. The predicted molar refractivity (Wildman–Crippen MR) is 66.7 cm³/mol. The van der Waals surface area contributed by atoms with E-state index in [2.05, 4.69) is 0 Å². The number of carboxylic acids is 1. The first-order valence-corrected chi connectivity index (χ1v) is 5.66. The van der Waals surface area contributed by atoms with Gasteiger partial charge in [0.25, 0.3) is 0 Å². The monoisotopic (exact) mass is 267 g/mol. The van der Waals surface area contributed by atoms with Crippen LogP contribution < -0.4 is 17.2 Å². The number of hydrogen-bond donors (Lipinski definition) is 7. The summed E-state index contributed by atoms with van der Waals surface area (Å²) >= 11 is 0.